The second-order valence-electron chi connectivity index (χ2n) is 6.62. The fourth-order valence-corrected chi connectivity index (χ4v) is 3.75. The summed E-state index contributed by atoms with van der Waals surface area (Å²) < 4.78 is 9.00. The molecule has 4 rings (SSSR count). The second-order valence-corrected chi connectivity index (χ2v) is 7.56. The lowest BCUT2D eigenvalue weighted by Crippen LogP contribution is -2.16. The van der Waals surface area contributed by atoms with Gasteiger partial charge in [0.15, 0.2) is 5.82 Å². The van der Waals surface area contributed by atoms with E-state index in [9.17, 15) is 4.79 Å². The predicted octanol–water partition coefficient (Wildman–Crippen LogP) is 4.11. The van der Waals surface area contributed by atoms with Crippen molar-refractivity contribution in [1.82, 2.24) is 19.5 Å². The van der Waals surface area contributed by atoms with E-state index in [0.29, 0.717) is 22.4 Å². The summed E-state index contributed by atoms with van der Waals surface area (Å²) in [7, 11) is 1.59. The molecule has 0 unspecified atom stereocenters. The zero-order chi connectivity index (χ0) is 20.9. The van der Waals surface area contributed by atoms with Crippen LogP contribution in [-0.2, 0) is 4.79 Å². The van der Waals surface area contributed by atoms with E-state index in [1.165, 1.54) is 11.8 Å². The Labute approximate surface area is 178 Å². The van der Waals surface area contributed by atoms with E-state index in [2.05, 4.69) is 21.6 Å². The largest absolute Gasteiger partial charge is 0.497 e. The minimum Gasteiger partial charge on any atom is -0.497 e. The van der Waals surface area contributed by atoms with Crippen molar-refractivity contribution in [2.45, 2.75) is 12.1 Å². The van der Waals surface area contributed by atoms with E-state index in [4.69, 9.17) is 4.74 Å². The molecule has 2 aromatic heterocycles. The first-order valence-corrected chi connectivity index (χ1v) is 10.4. The molecular formula is C22H21N5O2S. The van der Waals surface area contributed by atoms with Crippen LogP contribution in [0.4, 0.5) is 5.69 Å². The Hall–Kier alpha value is -3.52. The quantitative estimate of drug-likeness (QED) is 0.457. The van der Waals surface area contributed by atoms with E-state index in [-0.39, 0.29) is 11.7 Å². The van der Waals surface area contributed by atoms with Crippen LogP contribution in [0, 0.1) is 6.92 Å². The molecule has 0 aliphatic carbocycles. The molecule has 0 saturated heterocycles. The van der Waals surface area contributed by atoms with Gasteiger partial charge in [-0.1, -0.05) is 41.6 Å². The lowest BCUT2D eigenvalue weighted by molar-refractivity contribution is -0.113. The van der Waals surface area contributed by atoms with E-state index in [1.807, 2.05) is 77.2 Å². The normalized spacial score (nSPS) is 10.7. The maximum atomic E-state index is 12.5. The van der Waals surface area contributed by atoms with Crippen molar-refractivity contribution in [2.24, 2.45) is 0 Å². The number of thioether (sulfide) groups is 1. The number of amides is 1. The maximum absolute atomic E-state index is 12.5. The summed E-state index contributed by atoms with van der Waals surface area (Å²) in [6, 6.07) is 19.2. The summed E-state index contributed by atoms with van der Waals surface area (Å²) in [5.41, 5.74) is 2.79. The van der Waals surface area contributed by atoms with Gasteiger partial charge in [0, 0.05) is 29.7 Å². The highest BCUT2D eigenvalue weighted by molar-refractivity contribution is 7.99. The minimum absolute atomic E-state index is 0.132. The second kappa shape index (κ2) is 8.87. The number of anilines is 1. The highest BCUT2D eigenvalue weighted by Gasteiger charge is 2.17. The first kappa shape index (κ1) is 19.8. The fourth-order valence-electron chi connectivity index (χ4n) is 3.01. The topological polar surface area (TPSA) is 74.0 Å². The molecule has 0 bridgehead atoms. The van der Waals surface area contributed by atoms with Gasteiger partial charge >= 0.3 is 0 Å². The number of carbonyl (C=O) groups is 1. The third kappa shape index (κ3) is 4.38. The molecule has 8 heteroatoms. The molecule has 1 amide bonds. The molecule has 1 N–H and O–H groups in total. The van der Waals surface area contributed by atoms with Gasteiger partial charge in [-0.05, 0) is 37.3 Å². The summed E-state index contributed by atoms with van der Waals surface area (Å²) >= 11 is 1.33. The van der Waals surface area contributed by atoms with E-state index >= 15 is 0 Å². The number of rotatable bonds is 7. The molecule has 0 saturated carbocycles. The lowest BCUT2D eigenvalue weighted by atomic mass is 10.1. The number of hydrogen-bond donors (Lipinski definition) is 1. The smallest absolute Gasteiger partial charge is 0.234 e. The van der Waals surface area contributed by atoms with Gasteiger partial charge in [0.2, 0.25) is 11.1 Å². The van der Waals surface area contributed by atoms with Gasteiger partial charge < -0.3 is 10.1 Å². The Morgan fingerprint density at radius 2 is 1.87 bits per heavy atom. The van der Waals surface area contributed by atoms with Crippen molar-refractivity contribution >= 4 is 23.4 Å². The SMILES string of the molecule is COc1cccc(NC(=O)CSc2nnc(-c3cccc(C)c3)n2-n2cccc2)c1. The Kier molecular flexibility index (Phi) is 5.85. The van der Waals surface area contributed by atoms with E-state index in [0.717, 1.165) is 11.1 Å². The van der Waals surface area contributed by atoms with Crippen LogP contribution in [0.25, 0.3) is 11.4 Å². The number of benzene rings is 2. The van der Waals surface area contributed by atoms with Gasteiger partial charge in [0.1, 0.15) is 5.75 Å². The third-order valence-electron chi connectivity index (χ3n) is 4.39. The predicted molar refractivity (Wildman–Crippen MR) is 118 cm³/mol. The van der Waals surface area contributed by atoms with Crippen LogP contribution in [0.5, 0.6) is 5.75 Å². The van der Waals surface area contributed by atoms with Crippen molar-refractivity contribution in [3.05, 3.63) is 78.6 Å². The molecule has 0 aliphatic rings. The van der Waals surface area contributed by atoms with Crippen LogP contribution in [0.1, 0.15) is 5.56 Å². The standard InChI is InChI=1S/C22H21N5O2S/c1-16-7-5-8-17(13-16)21-24-25-22(27(21)26-11-3-4-12-26)30-15-20(28)23-18-9-6-10-19(14-18)29-2/h3-14H,15H2,1-2H3,(H,23,28). The van der Waals surface area contributed by atoms with E-state index < -0.39 is 0 Å². The summed E-state index contributed by atoms with van der Waals surface area (Å²) in [5, 5.41) is 12.2. The van der Waals surface area contributed by atoms with Crippen LogP contribution >= 0.6 is 11.8 Å². The summed E-state index contributed by atoms with van der Waals surface area (Å²) in [6.45, 7) is 2.04. The van der Waals surface area contributed by atoms with Crippen molar-refractivity contribution in [3.63, 3.8) is 0 Å². The zero-order valence-corrected chi connectivity index (χ0v) is 17.5. The van der Waals surface area contributed by atoms with Gasteiger partial charge in [-0.3, -0.25) is 9.47 Å². The summed E-state index contributed by atoms with van der Waals surface area (Å²) in [5.74, 6) is 1.47. The lowest BCUT2D eigenvalue weighted by Gasteiger charge is -2.12. The number of nitrogens with one attached hydrogen (secondary N) is 1. The van der Waals surface area contributed by atoms with Crippen LogP contribution in [0.15, 0.2) is 78.2 Å². The molecular weight excluding hydrogens is 398 g/mol. The van der Waals surface area contributed by atoms with Gasteiger partial charge in [-0.25, -0.2) is 4.68 Å². The first-order valence-electron chi connectivity index (χ1n) is 9.37. The Morgan fingerprint density at radius 1 is 1.07 bits per heavy atom. The van der Waals surface area contributed by atoms with Crippen molar-refractivity contribution in [2.75, 3.05) is 18.2 Å². The zero-order valence-electron chi connectivity index (χ0n) is 16.6. The Balaban J connectivity index is 1.55. The number of nitrogens with zero attached hydrogens (tertiary/aromatic N) is 4. The van der Waals surface area contributed by atoms with Gasteiger partial charge in [0.25, 0.3) is 0 Å². The Bertz CT molecular complexity index is 1150. The van der Waals surface area contributed by atoms with Crippen LogP contribution in [-0.4, -0.2) is 38.3 Å². The average molecular weight is 420 g/mol. The van der Waals surface area contributed by atoms with Crippen LogP contribution in [0.3, 0.4) is 0 Å². The summed E-state index contributed by atoms with van der Waals surface area (Å²) in [4.78, 5) is 12.5. The molecule has 0 radical (unpaired) electrons. The first-order chi connectivity index (χ1) is 14.6. The molecule has 4 aromatic rings. The van der Waals surface area contributed by atoms with Crippen molar-refractivity contribution in [1.29, 1.82) is 0 Å². The van der Waals surface area contributed by atoms with Crippen LogP contribution < -0.4 is 10.1 Å². The molecule has 2 aromatic carbocycles. The van der Waals surface area contributed by atoms with Crippen LogP contribution in [0.2, 0.25) is 0 Å². The fraction of sp³-hybridized carbons (Fsp3) is 0.136. The molecule has 2 heterocycles. The Morgan fingerprint density at radius 3 is 2.63 bits per heavy atom. The molecule has 7 nitrogen and oxygen atoms in total. The van der Waals surface area contributed by atoms with Crippen molar-refractivity contribution < 1.29 is 9.53 Å². The number of ether oxygens (including phenoxy) is 1. The maximum Gasteiger partial charge on any atom is 0.234 e. The number of methoxy groups -OCH3 is 1. The van der Waals surface area contributed by atoms with E-state index in [1.54, 1.807) is 13.2 Å². The third-order valence-corrected chi connectivity index (χ3v) is 5.31. The number of aromatic nitrogens is 4. The molecule has 30 heavy (non-hydrogen) atoms. The monoisotopic (exact) mass is 419 g/mol. The summed E-state index contributed by atoms with van der Waals surface area (Å²) in [6.07, 6.45) is 3.84. The number of carbonyl (C=O) groups excluding carboxylic acids is 1. The highest BCUT2D eigenvalue weighted by atomic mass is 32.2. The molecule has 152 valence electrons. The van der Waals surface area contributed by atoms with Crippen molar-refractivity contribution in [3.8, 4) is 17.1 Å². The molecule has 0 fully saturated rings. The molecule has 0 atom stereocenters. The number of hydrogen-bond acceptors (Lipinski definition) is 5. The number of aryl methyl sites for hydroxylation is 1. The highest BCUT2D eigenvalue weighted by Crippen LogP contribution is 2.25. The molecule has 0 spiro atoms. The minimum atomic E-state index is -0.132. The van der Waals surface area contributed by atoms with Gasteiger partial charge in [-0.2, -0.15) is 0 Å². The van der Waals surface area contributed by atoms with Gasteiger partial charge in [-0.15, -0.1) is 10.2 Å². The average Bonchev–Trinajstić information content (AvgIpc) is 3.42. The van der Waals surface area contributed by atoms with Gasteiger partial charge in [0.05, 0.1) is 12.9 Å². The molecule has 0 aliphatic heterocycles.